The van der Waals surface area contributed by atoms with Crippen molar-refractivity contribution in [3.8, 4) is 0 Å². The first-order valence-corrected chi connectivity index (χ1v) is 8.13. The number of rotatable bonds is 2. The third-order valence-electron chi connectivity index (χ3n) is 5.67. The Morgan fingerprint density at radius 1 is 1.30 bits per heavy atom. The fourth-order valence-electron chi connectivity index (χ4n) is 4.06. The molecule has 1 saturated heterocycles. The maximum atomic E-state index is 12.8. The van der Waals surface area contributed by atoms with Gasteiger partial charge in [-0.1, -0.05) is 6.07 Å². The van der Waals surface area contributed by atoms with Crippen molar-refractivity contribution >= 4 is 17.6 Å². The SMILES string of the molecule is CNC(=O)C1(N2CC3(CC3)CNC2=O)Cc2ccc(N)cc2C1. The van der Waals surface area contributed by atoms with Gasteiger partial charge in [-0.15, -0.1) is 0 Å². The Morgan fingerprint density at radius 2 is 2.04 bits per heavy atom. The summed E-state index contributed by atoms with van der Waals surface area (Å²) in [5.41, 5.74) is 8.08. The summed E-state index contributed by atoms with van der Waals surface area (Å²) in [5.74, 6) is -0.0971. The second-order valence-electron chi connectivity index (χ2n) is 7.24. The highest BCUT2D eigenvalue weighted by atomic mass is 16.2. The zero-order valence-corrected chi connectivity index (χ0v) is 13.3. The minimum absolute atomic E-state index is 0.0971. The molecular formula is C17H22N4O2. The highest BCUT2D eigenvalue weighted by Gasteiger charge is 2.57. The number of nitrogens with zero attached hydrogens (tertiary/aromatic N) is 1. The van der Waals surface area contributed by atoms with Gasteiger partial charge < -0.3 is 21.3 Å². The van der Waals surface area contributed by atoms with Crippen molar-refractivity contribution in [3.63, 3.8) is 0 Å². The molecule has 1 saturated carbocycles. The lowest BCUT2D eigenvalue weighted by Gasteiger charge is -2.44. The Balaban J connectivity index is 1.74. The Morgan fingerprint density at radius 3 is 2.74 bits per heavy atom. The van der Waals surface area contributed by atoms with Crippen molar-refractivity contribution in [1.82, 2.24) is 15.5 Å². The normalized spacial score (nSPS) is 27.5. The second kappa shape index (κ2) is 4.63. The first-order chi connectivity index (χ1) is 11.0. The van der Waals surface area contributed by atoms with E-state index in [9.17, 15) is 9.59 Å². The van der Waals surface area contributed by atoms with E-state index in [2.05, 4.69) is 10.6 Å². The van der Waals surface area contributed by atoms with Crippen LogP contribution in [0.2, 0.25) is 0 Å². The van der Waals surface area contributed by atoms with E-state index in [1.165, 1.54) is 0 Å². The minimum atomic E-state index is -0.842. The number of nitrogen functional groups attached to an aromatic ring is 1. The summed E-state index contributed by atoms with van der Waals surface area (Å²) in [6.45, 7) is 1.39. The van der Waals surface area contributed by atoms with Gasteiger partial charge in [0.2, 0.25) is 5.91 Å². The Labute approximate surface area is 135 Å². The largest absolute Gasteiger partial charge is 0.399 e. The van der Waals surface area contributed by atoms with Crippen LogP contribution >= 0.6 is 0 Å². The zero-order chi connectivity index (χ0) is 16.2. The van der Waals surface area contributed by atoms with Crippen LogP contribution in [0.3, 0.4) is 0 Å². The zero-order valence-electron chi connectivity index (χ0n) is 13.3. The number of carbonyl (C=O) groups excluding carboxylic acids is 2. The Hall–Kier alpha value is -2.24. The molecule has 2 aliphatic carbocycles. The highest BCUT2D eigenvalue weighted by molar-refractivity contribution is 5.93. The quantitative estimate of drug-likeness (QED) is 0.701. The molecule has 1 atom stereocenters. The second-order valence-corrected chi connectivity index (χ2v) is 7.24. The number of nitrogens with one attached hydrogen (secondary N) is 2. The number of urea groups is 1. The molecule has 122 valence electrons. The van der Waals surface area contributed by atoms with Gasteiger partial charge in [0, 0.05) is 44.1 Å². The van der Waals surface area contributed by atoms with E-state index in [1.54, 1.807) is 11.9 Å². The molecule has 1 unspecified atom stereocenters. The molecule has 2 fully saturated rings. The summed E-state index contributed by atoms with van der Waals surface area (Å²) in [6, 6.07) is 5.63. The third kappa shape index (κ3) is 2.08. The van der Waals surface area contributed by atoms with Crippen LogP contribution in [0.5, 0.6) is 0 Å². The molecule has 4 N–H and O–H groups in total. The van der Waals surface area contributed by atoms with E-state index >= 15 is 0 Å². The third-order valence-corrected chi connectivity index (χ3v) is 5.67. The van der Waals surface area contributed by atoms with E-state index < -0.39 is 5.54 Å². The monoisotopic (exact) mass is 314 g/mol. The number of carbonyl (C=O) groups is 2. The Kier molecular flexibility index (Phi) is 2.89. The van der Waals surface area contributed by atoms with Crippen molar-refractivity contribution in [2.24, 2.45) is 5.41 Å². The van der Waals surface area contributed by atoms with E-state index in [-0.39, 0.29) is 17.4 Å². The molecule has 0 aromatic heterocycles. The maximum Gasteiger partial charge on any atom is 0.318 e. The van der Waals surface area contributed by atoms with Gasteiger partial charge in [-0.3, -0.25) is 4.79 Å². The van der Waals surface area contributed by atoms with Gasteiger partial charge in [-0.25, -0.2) is 4.79 Å². The molecule has 1 heterocycles. The summed E-state index contributed by atoms with van der Waals surface area (Å²) in [4.78, 5) is 27.1. The molecule has 1 aromatic rings. The van der Waals surface area contributed by atoms with E-state index in [0.29, 0.717) is 25.1 Å². The van der Waals surface area contributed by atoms with E-state index in [1.807, 2.05) is 18.2 Å². The molecular weight excluding hydrogens is 292 g/mol. The van der Waals surface area contributed by atoms with E-state index in [4.69, 9.17) is 5.73 Å². The van der Waals surface area contributed by atoms with Crippen LogP contribution in [0.15, 0.2) is 18.2 Å². The molecule has 1 aromatic carbocycles. The van der Waals surface area contributed by atoms with Gasteiger partial charge in [0.15, 0.2) is 0 Å². The molecule has 3 aliphatic rings. The number of benzene rings is 1. The number of hydrogen-bond acceptors (Lipinski definition) is 3. The summed E-state index contributed by atoms with van der Waals surface area (Å²) < 4.78 is 0. The Bertz CT molecular complexity index is 698. The number of anilines is 1. The molecule has 6 nitrogen and oxygen atoms in total. The van der Waals surface area contributed by atoms with Crippen LogP contribution < -0.4 is 16.4 Å². The number of nitrogens with two attached hydrogens (primary N) is 1. The summed E-state index contributed by atoms with van der Waals surface area (Å²) in [5, 5.41) is 5.76. The lowest BCUT2D eigenvalue weighted by Crippen LogP contribution is -2.67. The smallest absolute Gasteiger partial charge is 0.318 e. The van der Waals surface area contributed by atoms with Crippen molar-refractivity contribution < 1.29 is 9.59 Å². The lowest BCUT2D eigenvalue weighted by atomic mass is 9.89. The van der Waals surface area contributed by atoms with Gasteiger partial charge in [0.1, 0.15) is 5.54 Å². The molecule has 23 heavy (non-hydrogen) atoms. The fraction of sp³-hybridized carbons (Fsp3) is 0.529. The fourth-order valence-corrected chi connectivity index (χ4v) is 4.06. The average Bonchev–Trinajstić information content (AvgIpc) is 3.19. The number of fused-ring (bicyclic) bond motifs is 1. The topological polar surface area (TPSA) is 87.5 Å². The summed E-state index contributed by atoms with van der Waals surface area (Å²) >= 11 is 0. The first-order valence-electron chi connectivity index (χ1n) is 8.13. The van der Waals surface area contributed by atoms with Gasteiger partial charge >= 0.3 is 6.03 Å². The van der Waals surface area contributed by atoms with Gasteiger partial charge in [-0.2, -0.15) is 0 Å². The standard InChI is InChI=1S/C17H22N4O2/c1-19-14(22)17(7-11-2-3-13(18)6-12(11)8-17)21-10-16(4-5-16)9-20-15(21)23/h2-3,6H,4-5,7-10,18H2,1H3,(H,19,22)(H,20,23). The molecule has 3 amide bonds. The van der Waals surface area contributed by atoms with Crippen LogP contribution in [0.25, 0.3) is 0 Å². The first kappa shape index (κ1) is 14.4. The predicted octanol–water partition coefficient (Wildman–Crippen LogP) is 0.658. The number of likely N-dealkylation sites (N-methyl/N-ethyl adjacent to an activating group) is 1. The van der Waals surface area contributed by atoms with Gasteiger partial charge in [0.25, 0.3) is 0 Å². The van der Waals surface area contributed by atoms with Crippen LogP contribution in [-0.2, 0) is 17.6 Å². The summed E-state index contributed by atoms with van der Waals surface area (Å²) in [6.07, 6.45) is 3.31. The van der Waals surface area contributed by atoms with Gasteiger partial charge in [-0.05, 0) is 36.1 Å². The van der Waals surface area contributed by atoms with Crippen LogP contribution in [-0.4, -0.2) is 42.5 Å². The predicted molar refractivity (Wildman–Crippen MR) is 86.8 cm³/mol. The number of hydrogen-bond donors (Lipinski definition) is 3. The average molecular weight is 314 g/mol. The molecule has 1 aliphatic heterocycles. The van der Waals surface area contributed by atoms with Crippen molar-refractivity contribution in [3.05, 3.63) is 29.3 Å². The van der Waals surface area contributed by atoms with Crippen LogP contribution in [0, 0.1) is 5.41 Å². The minimum Gasteiger partial charge on any atom is -0.399 e. The molecule has 6 heteroatoms. The lowest BCUT2D eigenvalue weighted by molar-refractivity contribution is -0.131. The molecule has 0 bridgehead atoms. The van der Waals surface area contributed by atoms with Crippen LogP contribution in [0.1, 0.15) is 24.0 Å². The molecule has 4 rings (SSSR count). The van der Waals surface area contributed by atoms with E-state index in [0.717, 1.165) is 30.5 Å². The van der Waals surface area contributed by atoms with Crippen molar-refractivity contribution in [2.45, 2.75) is 31.2 Å². The van der Waals surface area contributed by atoms with Crippen LogP contribution in [0.4, 0.5) is 10.5 Å². The van der Waals surface area contributed by atoms with Gasteiger partial charge in [0.05, 0.1) is 0 Å². The van der Waals surface area contributed by atoms with Crippen molar-refractivity contribution in [2.75, 3.05) is 25.9 Å². The molecule has 1 spiro atoms. The highest BCUT2D eigenvalue weighted by Crippen LogP contribution is 2.49. The van der Waals surface area contributed by atoms with Crippen molar-refractivity contribution in [1.29, 1.82) is 0 Å². The summed E-state index contributed by atoms with van der Waals surface area (Å²) in [7, 11) is 1.64. The number of amides is 3. The maximum absolute atomic E-state index is 12.8. The molecule has 0 radical (unpaired) electrons.